The smallest absolute Gasteiger partial charge is 0.228 e. The zero-order chi connectivity index (χ0) is 33.2. The molecule has 2 atom stereocenters. The summed E-state index contributed by atoms with van der Waals surface area (Å²) in [5.41, 5.74) is 3.25. The van der Waals surface area contributed by atoms with E-state index in [1.54, 1.807) is 0 Å². The fourth-order valence-corrected chi connectivity index (χ4v) is 6.95. The number of amides is 1. The number of nitrogens with zero attached hydrogens (tertiary/aromatic N) is 2. The van der Waals surface area contributed by atoms with Gasteiger partial charge >= 0.3 is 0 Å². The normalized spacial score (nSPS) is 19.3. The summed E-state index contributed by atoms with van der Waals surface area (Å²) < 4.78 is 39.4. The van der Waals surface area contributed by atoms with Gasteiger partial charge in [0.05, 0.1) is 16.5 Å². The molecule has 1 saturated heterocycles. The highest BCUT2D eigenvalue weighted by Gasteiger charge is 2.40. The third kappa shape index (κ3) is 7.70. The number of benzene rings is 3. The van der Waals surface area contributed by atoms with Crippen LogP contribution in [0.15, 0.2) is 65.2 Å². The Bertz CT molecular complexity index is 1760. The van der Waals surface area contributed by atoms with E-state index < -0.39 is 11.6 Å². The van der Waals surface area contributed by atoms with Crippen molar-refractivity contribution in [1.82, 2.24) is 20.7 Å². The van der Waals surface area contributed by atoms with Gasteiger partial charge in [0.2, 0.25) is 5.91 Å². The lowest BCUT2D eigenvalue weighted by molar-refractivity contribution is -0.138. The largest absolute Gasteiger partial charge is 0.486 e. The molecule has 48 heavy (non-hydrogen) atoms. The Balaban J connectivity index is 1.00. The van der Waals surface area contributed by atoms with Crippen molar-refractivity contribution in [1.29, 1.82) is 0 Å². The third-order valence-corrected chi connectivity index (χ3v) is 10.2. The van der Waals surface area contributed by atoms with Crippen LogP contribution in [0.25, 0.3) is 11.3 Å². The van der Waals surface area contributed by atoms with E-state index in [2.05, 4.69) is 32.8 Å². The molecule has 7 nitrogen and oxygen atoms in total. The monoisotopic (exact) mass is 694 g/mol. The Morgan fingerprint density at radius 2 is 1.79 bits per heavy atom. The quantitative estimate of drug-likeness (QED) is 0.140. The van der Waals surface area contributed by atoms with Gasteiger partial charge in [-0.15, -0.1) is 0 Å². The average Bonchev–Trinajstić information content (AvgIpc) is 4.05. The predicted octanol–water partition coefficient (Wildman–Crippen LogP) is 7.68. The molecule has 7 rings (SSSR count). The second-order valence-corrected chi connectivity index (χ2v) is 13.8. The molecule has 2 aliphatic carbocycles. The van der Waals surface area contributed by atoms with Crippen LogP contribution in [0.2, 0.25) is 10.0 Å². The van der Waals surface area contributed by atoms with E-state index in [1.165, 1.54) is 24.5 Å². The summed E-state index contributed by atoms with van der Waals surface area (Å²) in [6.07, 6.45) is 6.36. The molecule has 2 saturated carbocycles. The van der Waals surface area contributed by atoms with Gasteiger partial charge in [-0.25, -0.2) is 8.78 Å². The van der Waals surface area contributed by atoms with E-state index in [0.717, 1.165) is 62.0 Å². The Morgan fingerprint density at radius 3 is 2.56 bits per heavy atom. The number of piperidine rings is 1. The van der Waals surface area contributed by atoms with Gasteiger partial charge in [0.15, 0.2) is 5.76 Å². The van der Waals surface area contributed by atoms with Crippen LogP contribution in [0.3, 0.4) is 0 Å². The van der Waals surface area contributed by atoms with Crippen molar-refractivity contribution >= 4 is 29.1 Å². The van der Waals surface area contributed by atoms with E-state index in [0.29, 0.717) is 35.7 Å². The van der Waals surface area contributed by atoms with E-state index in [1.807, 2.05) is 30.3 Å². The first-order valence-electron chi connectivity index (χ1n) is 16.7. The maximum Gasteiger partial charge on any atom is 0.228 e. The summed E-state index contributed by atoms with van der Waals surface area (Å²) >= 11 is 12.7. The average molecular weight is 696 g/mol. The summed E-state index contributed by atoms with van der Waals surface area (Å²) in [6, 6.07) is 18.4. The van der Waals surface area contributed by atoms with Crippen molar-refractivity contribution in [3.63, 3.8) is 0 Å². The molecule has 3 aromatic carbocycles. The Hall–Kier alpha value is -3.50. The van der Waals surface area contributed by atoms with Crippen molar-refractivity contribution < 1.29 is 22.8 Å². The lowest BCUT2D eigenvalue weighted by Gasteiger charge is -2.36. The second-order valence-electron chi connectivity index (χ2n) is 13.1. The van der Waals surface area contributed by atoms with Crippen LogP contribution in [0.1, 0.15) is 60.5 Å². The number of hydrogen-bond donors (Lipinski definition) is 2. The lowest BCUT2D eigenvalue weighted by atomic mass is 9.80. The first kappa shape index (κ1) is 33.0. The summed E-state index contributed by atoms with van der Waals surface area (Å²) in [5.74, 6) is -0.469. The summed E-state index contributed by atoms with van der Waals surface area (Å²) in [5, 5.41) is 11.2. The summed E-state index contributed by atoms with van der Waals surface area (Å²) in [6.45, 7) is 2.96. The van der Waals surface area contributed by atoms with Crippen LogP contribution in [0.5, 0.6) is 5.75 Å². The molecule has 4 aromatic rings. The van der Waals surface area contributed by atoms with Gasteiger partial charge in [0.1, 0.15) is 29.7 Å². The van der Waals surface area contributed by atoms with E-state index in [9.17, 15) is 13.6 Å². The summed E-state index contributed by atoms with van der Waals surface area (Å²) in [7, 11) is 0. The molecule has 3 fully saturated rings. The summed E-state index contributed by atoms with van der Waals surface area (Å²) in [4.78, 5) is 16.3. The molecule has 3 aliphatic rings. The molecule has 1 aromatic heterocycles. The van der Waals surface area contributed by atoms with Crippen molar-refractivity contribution in [3.05, 3.63) is 105 Å². The highest BCUT2D eigenvalue weighted by atomic mass is 35.5. The maximum absolute atomic E-state index is 14.3. The minimum atomic E-state index is -0.742. The van der Waals surface area contributed by atoms with Crippen molar-refractivity contribution in [2.24, 2.45) is 5.92 Å². The molecule has 0 radical (unpaired) electrons. The van der Waals surface area contributed by atoms with Crippen molar-refractivity contribution in [3.8, 4) is 17.0 Å². The van der Waals surface area contributed by atoms with Crippen LogP contribution in [-0.4, -0.2) is 47.7 Å². The lowest BCUT2D eigenvalue weighted by Crippen LogP contribution is -2.47. The number of aromatic nitrogens is 1. The minimum Gasteiger partial charge on any atom is -0.486 e. The zero-order valence-electron chi connectivity index (χ0n) is 26.5. The Kier molecular flexibility index (Phi) is 10.0. The molecule has 252 valence electrons. The van der Waals surface area contributed by atoms with E-state index in [-0.39, 0.29) is 46.7 Å². The molecule has 2 N–H and O–H groups in total. The molecule has 11 heteroatoms. The van der Waals surface area contributed by atoms with Crippen LogP contribution >= 0.6 is 23.2 Å². The van der Waals surface area contributed by atoms with Crippen molar-refractivity contribution in [2.75, 3.05) is 19.6 Å². The fraction of sp³-hybridized carbons (Fsp3) is 0.405. The maximum atomic E-state index is 14.3. The predicted molar refractivity (Wildman–Crippen MR) is 181 cm³/mol. The van der Waals surface area contributed by atoms with Crippen LogP contribution < -0.4 is 15.4 Å². The van der Waals surface area contributed by atoms with Crippen LogP contribution in [0, 0.1) is 17.6 Å². The number of carbonyl (C=O) groups excluding carboxylic acids is 1. The zero-order valence-corrected chi connectivity index (χ0v) is 28.0. The molecule has 0 unspecified atom stereocenters. The van der Waals surface area contributed by atoms with Gasteiger partial charge in [-0.1, -0.05) is 52.6 Å². The van der Waals surface area contributed by atoms with Gasteiger partial charge < -0.3 is 24.8 Å². The molecular weight excluding hydrogens is 657 g/mol. The molecule has 0 bridgehead atoms. The van der Waals surface area contributed by atoms with E-state index in [4.69, 9.17) is 32.5 Å². The van der Waals surface area contributed by atoms with Gasteiger partial charge in [-0.05, 0) is 105 Å². The number of hydrogen-bond acceptors (Lipinski definition) is 6. The first-order chi connectivity index (χ1) is 23.3. The van der Waals surface area contributed by atoms with Gasteiger partial charge in [0, 0.05) is 36.3 Å². The molecule has 0 spiro atoms. The highest BCUT2D eigenvalue weighted by molar-refractivity contribution is 6.33. The number of halogens is 4. The van der Waals surface area contributed by atoms with Gasteiger partial charge in [-0.2, -0.15) is 0 Å². The number of rotatable bonds is 13. The number of ether oxygens (including phenoxy) is 1. The molecule has 2 heterocycles. The van der Waals surface area contributed by atoms with Crippen molar-refractivity contribution in [2.45, 2.75) is 69.7 Å². The third-order valence-electron chi connectivity index (χ3n) is 9.49. The van der Waals surface area contributed by atoms with Gasteiger partial charge in [-0.3, -0.25) is 4.79 Å². The Morgan fingerprint density at radius 1 is 1.00 bits per heavy atom. The number of nitrogens with one attached hydrogen (secondary N) is 2. The first-order valence-corrected chi connectivity index (χ1v) is 17.4. The standard InChI is InChI=1S/C37H38Cl2F2N4O3/c38-31-10-1-22(13-16-43-25-4-5-25)17-24(31)20-45(26-6-7-26)37(46)30-19-42-15-14-29(30)23-2-8-27(9-3-23)47-21-28-18-34(44-48-28)35-32(40)11-12-33(41)36(35)39/h1-3,8-12,17-18,25-26,29-30,42-43H,4-7,13-16,19-21H2/t29-,30+/m1/s1. The SMILES string of the molecule is O=C([C@H]1CNCC[C@@H]1c1ccc(OCc2cc(-c3c(F)ccc(F)c3Cl)no2)cc1)N(Cc1cc(CCNC2CC2)ccc1Cl)C1CC1. The fourth-order valence-electron chi connectivity index (χ4n) is 6.53. The number of carbonyl (C=O) groups is 1. The molecule has 1 amide bonds. The highest BCUT2D eigenvalue weighted by Crippen LogP contribution is 2.38. The van der Waals surface area contributed by atoms with E-state index >= 15 is 0 Å². The van der Waals surface area contributed by atoms with Crippen LogP contribution in [0.4, 0.5) is 8.78 Å². The second kappa shape index (κ2) is 14.5. The minimum absolute atomic E-state index is 0.0342. The van der Waals surface area contributed by atoms with Crippen LogP contribution in [-0.2, 0) is 24.4 Å². The van der Waals surface area contributed by atoms with Gasteiger partial charge in [0.25, 0.3) is 0 Å². The molecular formula is C37H38Cl2F2N4O3. The topological polar surface area (TPSA) is 79.6 Å². The Labute approximate surface area is 288 Å². The molecule has 1 aliphatic heterocycles.